The maximum Gasteiger partial charge on any atom is 0.226 e. The SMILES string of the molecule is CCn1nc(C)c(CCC(=O)Nc2nc(C)c(C)s2)c1C. The molecule has 114 valence electrons. The zero-order valence-electron chi connectivity index (χ0n) is 13.3. The molecule has 0 saturated carbocycles. The van der Waals surface area contributed by atoms with E-state index in [0.29, 0.717) is 18.0 Å². The average Bonchev–Trinajstić information content (AvgIpc) is 2.87. The van der Waals surface area contributed by atoms with Crippen LogP contribution in [-0.4, -0.2) is 20.7 Å². The molecular weight excluding hydrogens is 284 g/mol. The first-order chi connectivity index (χ1) is 9.92. The number of aromatic nitrogens is 3. The third-order valence-corrected chi connectivity index (χ3v) is 4.70. The van der Waals surface area contributed by atoms with Gasteiger partial charge in [0.05, 0.1) is 11.4 Å². The van der Waals surface area contributed by atoms with Crippen LogP contribution in [0.15, 0.2) is 0 Å². The molecule has 2 rings (SSSR count). The number of anilines is 1. The van der Waals surface area contributed by atoms with Crippen LogP contribution in [0.4, 0.5) is 5.13 Å². The number of amides is 1. The lowest BCUT2D eigenvalue weighted by molar-refractivity contribution is -0.116. The Morgan fingerprint density at radius 1 is 1.24 bits per heavy atom. The van der Waals surface area contributed by atoms with Gasteiger partial charge in [0.2, 0.25) is 5.91 Å². The fourth-order valence-corrected chi connectivity index (χ4v) is 3.18. The molecule has 21 heavy (non-hydrogen) atoms. The minimum Gasteiger partial charge on any atom is -0.302 e. The van der Waals surface area contributed by atoms with E-state index in [-0.39, 0.29) is 5.91 Å². The zero-order valence-corrected chi connectivity index (χ0v) is 14.1. The number of hydrogen-bond donors (Lipinski definition) is 1. The van der Waals surface area contributed by atoms with E-state index in [4.69, 9.17) is 0 Å². The summed E-state index contributed by atoms with van der Waals surface area (Å²) in [7, 11) is 0. The second-order valence-electron chi connectivity index (χ2n) is 5.17. The molecule has 0 unspecified atom stereocenters. The van der Waals surface area contributed by atoms with Crippen molar-refractivity contribution < 1.29 is 4.79 Å². The van der Waals surface area contributed by atoms with Gasteiger partial charge in [-0.1, -0.05) is 0 Å². The first kappa shape index (κ1) is 15.7. The van der Waals surface area contributed by atoms with Crippen molar-refractivity contribution in [3.8, 4) is 0 Å². The topological polar surface area (TPSA) is 59.8 Å². The molecule has 1 N–H and O–H groups in total. The summed E-state index contributed by atoms with van der Waals surface area (Å²) in [4.78, 5) is 17.5. The van der Waals surface area contributed by atoms with Crippen molar-refractivity contribution in [3.63, 3.8) is 0 Å². The van der Waals surface area contributed by atoms with Gasteiger partial charge in [0.1, 0.15) is 0 Å². The van der Waals surface area contributed by atoms with Crippen LogP contribution in [0.3, 0.4) is 0 Å². The number of nitrogens with zero attached hydrogens (tertiary/aromatic N) is 3. The van der Waals surface area contributed by atoms with Crippen LogP contribution in [0.1, 0.15) is 40.9 Å². The second kappa shape index (κ2) is 6.39. The van der Waals surface area contributed by atoms with Crippen molar-refractivity contribution >= 4 is 22.4 Å². The Balaban J connectivity index is 1.97. The molecule has 1 amide bonds. The molecule has 0 saturated heterocycles. The van der Waals surface area contributed by atoms with Crippen molar-refractivity contribution in [1.29, 1.82) is 0 Å². The summed E-state index contributed by atoms with van der Waals surface area (Å²) in [5.74, 6) is 0.00629. The van der Waals surface area contributed by atoms with Gasteiger partial charge in [0, 0.05) is 23.5 Å². The van der Waals surface area contributed by atoms with E-state index in [0.717, 1.165) is 28.5 Å². The smallest absolute Gasteiger partial charge is 0.226 e. The van der Waals surface area contributed by atoms with Crippen molar-refractivity contribution in [1.82, 2.24) is 14.8 Å². The standard InChI is InChI=1S/C15H22N4OS/c1-6-19-11(4)13(10(3)18-19)7-8-14(20)17-15-16-9(2)12(5)21-15/h6-8H2,1-5H3,(H,16,17,20). The molecule has 2 aromatic rings. The average molecular weight is 306 g/mol. The molecule has 0 aliphatic carbocycles. The third-order valence-electron chi connectivity index (χ3n) is 3.71. The molecule has 0 aliphatic heterocycles. The minimum atomic E-state index is 0.00629. The van der Waals surface area contributed by atoms with Crippen LogP contribution in [0.5, 0.6) is 0 Å². The number of rotatable bonds is 5. The van der Waals surface area contributed by atoms with Crippen LogP contribution in [-0.2, 0) is 17.8 Å². The summed E-state index contributed by atoms with van der Waals surface area (Å²) in [5, 5.41) is 8.04. The molecule has 0 fully saturated rings. The molecule has 0 atom stereocenters. The van der Waals surface area contributed by atoms with E-state index < -0.39 is 0 Å². The maximum absolute atomic E-state index is 12.0. The van der Waals surface area contributed by atoms with Gasteiger partial charge in [-0.25, -0.2) is 4.98 Å². The van der Waals surface area contributed by atoms with Gasteiger partial charge in [0.15, 0.2) is 5.13 Å². The van der Waals surface area contributed by atoms with Crippen LogP contribution >= 0.6 is 11.3 Å². The zero-order chi connectivity index (χ0) is 15.6. The summed E-state index contributed by atoms with van der Waals surface area (Å²) in [5.41, 5.74) is 4.33. The molecule has 0 aliphatic rings. The Labute approximate surface area is 129 Å². The Morgan fingerprint density at radius 3 is 2.48 bits per heavy atom. The summed E-state index contributed by atoms with van der Waals surface area (Å²) in [6, 6.07) is 0. The molecule has 6 heteroatoms. The van der Waals surface area contributed by atoms with Crippen molar-refractivity contribution in [2.45, 2.75) is 54.0 Å². The largest absolute Gasteiger partial charge is 0.302 e. The molecule has 2 heterocycles. The highest BCUT2D eigenvalue weighted by atomic mass is 32.1. The normalized spacial score (nSPS) is 10.9. The lowest BCUT2D eigenvalue weighted by atomic mass is 10.1. The van der Waals surface area contributed by atoms with Crippen LogP contribution in [0.25, 0.3) is 0 Å². The predicted octanol–water partition coefficient (Wildman–Crippen LogP) is 3.16. The van der Waals surface area contributed by atoms with Crippen molar-refractivity contribution in [2.24, 2.45) is 0 Å². The van der Waals surface area contributed by atoms with E-state index >= 15 is 0 Å². The lowest BCUT2D eigenvalue weighted by Crippen LogP contribution is -2.12. The van der Waals surface area contributed by atoms with E-state index in [1.165, 1.54) is 16.9 Å². The fraction of sp³-hybridized carbons (Fsp3) is 0.533. The number of carbonyl (C=O) groups excluding carboxylic acids is 1. The maximum atomic E-state index is 12.0. The quantitative estimate of drug-likeness (QED) is 0.923. The highest BCUT2D eigenvalue weighted by Gasteiger charge is 2.13. The number of nitrogens with one attached hydrogen (secondary N) is 1. The first-order valence-electron chi connectivity index (χ1n) is 7.19. The lowest BCUT2D eigenvalue weighted by Gasteiger charge is -2.03. The van der Waals surface area contributed by atoms with E-state index in [9.17, 15) is 4.79 Å². The van der Waals surface area contributed by atoms with Gasteiger partial charge in [0.25, 0.3) is 0 Å². The van der Waals surface area contributed by atoms with Gasteiger partial charge >= 0.3 is 0 Å². The van der Waals surface area contributed by atoms with Gasteiger partial charge in [-0.2, -0.15) is 5.10 Å². The summed E-state index contributed by atoms with van der Waals surface area (Å²) < 4.78 is 1.98. The Morgan fingerprint density at radius 2 is 1.95 bits per heavy atom. The minimum absolute atomic E-state index is 0.00629. The van der Waals surface area contributed by atoms with E-state index in [1.54, 1.807) is 0 Å². The fourth-order valence-electron chi connectivity index (χ4n) is 2.35. The Hall–Kier alpha value is -1.69. The third kappa shape index (κ3) is 3.50. The Bertz CT molecular complexity index is 637. The van der Waals surface area contributed by atoms with Crippen LogP contribution < -0.4 is 5.32 Å². The molecule has 0 bridgehead atoms. The van der Waals surface area contributed by atoms with Gasteiger partial charge in [-0.05, 0) is 46.6 Å². The number of thiazole rings is 1. The van der Waals surface area contributed by atoms with E-state index in [2.05, 4.69) is 29.2 Å². The van der Waals surface area contributed by atoms with Crippen molar-refractivity contribution in [3.05, 3.63) is 27.5 Å². The predicted molar refractivity (Wildman–Crippen MR) is 85.9 cm³/mol. The number of aryl methyl sites for hydroxylation is 4. The first-order valence-corrected chi connectivity index (χ1v) is 8.00. The summed E-state index contributed by atoms with van der Waals surface area (Å²) in [6.07, 6.45) is 1.17. The highest BCUT2D eigenvalue weighted by Crippen LogP contribution is 2.21. The van der Waals surface area contributed by atoms with Gasteiger partial charge in [-0.3, -0.25) is 9.48 Å². The monoisotopic (exact) mass is 306 g/mol. The number of hydrogen-bond acceptors (Lipinski definition) is 4. The van der Waals surface area contributed by atoms with Gasteiger partial charge < -0.3 is 5.32 Å². The van der Waals surface area contributed by atoms with Crippen molar-refractivity contribution in [2.75, 3.05) is 5.32 Å². The summed E-state index contributed by atoms with van der Waals surface area (Å²) in [6.45, 7) is 11.0. The van der Waals surface area contributed by atoms with Gasteiger partial charge in [-0.15, -0.1) is 11.3 Å². The molecule has 2 aromatic heterocycles. The second-order valence-corrected chi connectivity index (χ2v) is 6.38. The number of carbonyl (C=O) groups is 1. The highest BCUT2D eigenvalue weighted by molar-refractivity contribution is 7.15. The molecule has 5 nitrogen and oxygen atoms in total. The van der Waals surface area contributed by atoms with Crippen LogP contribution in [0.2, 0.25) is 0 Å². The molecule has 0 spiro atoms. The Kier molecular flexibility index (Phi) is 4.77. The summed E-state index contributed by atoms with van der Waals surface area (Å²) >= 11 is 1.52. The van der Waals surface area contributed by atoms with E-state index in [1.807, 2.05) is 25.5 Å². The molecule has 0 radical (unpaired) electrons. The molecule has 0 aromatic carbocycles. The van der Waals surface area contributed by atoms with Crippen LogP contribution in [0, 0.1) is 27.7 Å². The molecular formula is C15H22N4OS.